The summed E-state index contributed by atoms with van der Waals surface area (Å²) in [5, 5.41) is 0. The van der Waals surface area contributed by atoms with Crippen LogP contribution < -0.4 is 5.48 Å². The number of hydrogen-bond acceptors (Lipinski definition) is 2. The van der Waals surface area contributed by atoms with Gasteiger partial charge in [0, 0.05) is 0 Å². The van der Waals surface area contributed by atoms with Crippen molar-refractivity contribution in [3.63, 3.8) is 0 Å². The third-order valence-electron chi connectivity index (χ3n) is 1.70. The molecule has 0 aromatic carbocycles. The third kappa shape index (κ3) is 1.71. The Kier molecular flexibility index (Phi) is 2.22. The van der Waals surface area contributed by atoms with Crippen LogP contribution in [0, 0.1) is 0 Å². The fourth-order valence-corrected chi connectivity index (χ4v) is 1.39. The van der Waals surface area contributed by atoms with Gasteiger partial charge >= 0.3 is 73.1 Å². The minimum absolute atomic E-state index is 0.212. The SMILES string of the molecule is CC[C]1([Na])C=C(C)ON1. The van der Waals surface area contributed by atoms with Crippen molar-refractivity contribution in [2.24, 2.45) is 0 Å². The fraction of sp³-hybridized carbons (Fsp3) is 0.667. The Balaban J connectivity index is 2.64. The summed E-state index contributed by atoms with van der Waals surface area (Å²) in [5.41, 5.74) is 3.00. The zero-order chi connectivity index (χ0) is 6.91. The Morgan fingerprint density at radius 1 is 1.89 bits per heavy atom. The molecule has 0 saturated carbocycles. The van der Waals surface area contributed by atoms with Crippen LogP contribution in [0.15, 0.2) is 11.8 Å². The summed E-state index contributed by atoms with van der Waals surface area (Å²) >= 11 is 1.11. The van der Waals surface area contributed by atoms with E-state index in [9.17, 15) is 0 Å². The molecule has 46 valence electrons. The van der Waals surface area contributed by atoms with Gasteiger partial charge in [-0.1, -0.05) is 0 Å². The second kappa shape index (κ2) is 2.62. The fourth-order valence-electron chi connectivity index (χ4n) is 0.879. The van der Waals surface area contributed by atoms with Crippen molar-refractivity contribution in [2.45, 2.75) is 23.1 Å². The van der Waals surface area contributed by atoms with Crippen molar-refractivity contribution in [1.82, 2.24) is 5.48 Å². The van der Waals surface area contributed by atoms with Gasteiger partial charge in [-0.3, -0.25) is 0 Å². The van der Waals surface area contributed by atoms with E-state index in [0.29, 0.717) is 0 Å². The molecule has 0 aromatic heterocycles. The number of hydrogen-bond donors (Lipinski definition) is 1. The first kappa shape index (κ1) is 7.61. The van der Waals surface area contributed by atoms with Crippen LogP contribution in [0.5, 0.6) is 0 Å². The Hall–Kier alpha value is 0.500. The normalized spacial score (nSPS) is 34.0. The first-order valence-corrected chi connectivity index (χ1v) is 4.30. The molecule has 0 aliphatic carbocycles. The second-order valence-electron chi connectivity index (χ2n) is 2.73. The number of rotatable bonds is 1. The van der Waals surface area contributed by atoms with E-state index in [1.165, 1.54) is 0 Å². The minimum atomic E-state index is 0.212. The molecule has 1 heterocycles. The number of allylic oxidation sites excluding steroid dienone is 1. The van der Waals surface area contributed by atoms with Crippen molar-refractivity contribution in [3.8, 4) is 0 Å². The van der Waals surface area contributed by atoms with E-state index in [1.807, 2.05) is 6.92 Å². The van der Waals surface area contributed by atoms with Crippen LogP contribution in [-0.2, 0) is 4.84 Å². The molecule has 0 aromatic rings. The molecule has 0 bridgehead atoms. The first-order chi connectivity index (χ1) is 4.16. The molecular formula is C6H10NNaO. The standard InChI is InChI=1S/C6H10NO.Na/c1-3-6-4-5(2)8-7-6;/h4,7H,3H2,1-2H3;. The summed E-state index contributed by atoms with van der Waals surface area (Å²) in [4.78, 5) is 5.11. The molecule has 1 atom stereocenters. The van der Waals surface area contributed by atoms with Crippen LogP contribution >= 0.6 is 0 Å². The van der Waals surface area contributed by atoms with Gasteiger partial charge in [0.1, 0.15) is 0 Å². The molecule has 0 amide bonds. The van der Waals surface area contributed by atoms with Crippen LogP contribution in [0.4, 0.5) is 0 Å². The molecular weight excluding hydrogens is 125 g/mol. The molecule has 3 heteroatoms. The molecule has 0 radical (unpaired) electrons. The third-order valence-corrected chi connectivity index (χ3v) is 2.90. The summed E-state index contributed by atoms with van der Waals surface area (Å²) in [5.74, 6) is 1.01. The summed E-state index contributed by atoms with van der Waals surface area (Å²) in [7, 11) is 0. The average Bonchev–Trinajstić information content (AvgIpc) is 2.13. The van der Waals surface area contributed by atoms with Crippen LogP contribution in [0.3, 0.4) is 0 Å². The quantitative estimate of drug-likeness (QED) is 0.534. The van der Waals surface area contributed by atoms with Gasteiger partial charge in [-0.05, 0) is 0 Å². The number of nitrogens with one attached hydrogen (secondary N) is 1. The molecule has 0 saturated heterocycles. The van der Waals surface area contributed by atoms with Gasteiger partial charge in [0.25, 0.3) is 0 Å². The van der Waals surface area contributed by atoms with Gasteiger partial charge in [0.05, 0.1) is 0 Å². The van der Waals surface area contributed by atoms with Crippen molar-refractivity contribution < 1.29 is 4.84 Å². The van der Waals surface area contributed by atoms with E-state index in [4.69, 9.17) is 4.84 Å². The molecule has 9 heavy (non-hydrogen) atoms. The summed E-state index contributed by atoms with van der Waals surface area (Å²) in [6.45, 7) is 4.14. The van der Waals surface area contributed by atoms with E-state index in [1.54, 1.807) is 0 Å². The Morgan fingerprint density at radius 2 is 2.56 bits per heavy atom. The molecule has 1 rings (SSSR count). The van der Waals surface area contributed by atoms with Crippen LogP contribution in [-0.4, -0.2) is 30.7 Å². The molecule has 2 nitrogen and oxygen atoms in total. The van der Waals surface area contributed by atoms with Crippen molar-refractivity contribution in [2.75, 3.05) is 0 Å². The monoisotopic (exact) mass is 135 g/mol. The zero-order valence-corrected chi connectivity index (χ0v) is 8.19. The molecule has 1 N–H and O–H groups in total. The van der Waals surface area contributed by atoms with E-state index in [-0.39, 0.29) is 2.79 Å². The van der Waals surface area contributed by atoms with Gasteiger partial charge in [0.15, 0.2) is 0 Å². The van der Waals surface area contributed by atoms with Gasteiger partial charge in [0.2, 0.25) is 0 Å². The van der Waals surface area contributed by atoms with E-state index in [2.05, 4.69) is 18.5 Å². The van der Waals surface area contributed by atoms with E-state index < -0.39 is 0 Å². The van der Waals surface area contributed by atoms with Gasteiger partial charge < -0.3 is 0 Å². The summed E-state index contributed by atoms with van der Waals surface area (Å²) < 4.78 is 0.212. The van der Waals surface area contributed by atoms with E-state index in [0.717, 1.165) is 40.1 Å². The maximum absolute atomic E-state index is 5.11. The predicted octanol–water partition coefficient (Wildman–Crippen LogP) is 0.700. The summed E-state index contributed by atoms with van der Waals surface area (Å²) in [6.07, 6.45) is 3.29. The first-order valence-electron chi connectivity index (χ1n) is 3.30. The van der Waals surface area contributed by atoms with Crippen LogP contribution in [0.25, 0.3) is 0 Å². The molecule has 1 aliphatic rings. The van der Waals surface area contributed by atoms with Crippen LogP contribution in [0.2, 0.25) is 0 Å². The summed E-state index contributed by atoms with van der Waals surface area (Å²) in [6, 6.07) is 0. The molecule has 0 spiro atoms. The van der Waals surface area contributed by atoms with Gasteiger partial charge in [-0.2, -0.15) is 0 Å². The van der Waals surface area contributed by atoms with E-state index >= 15 is 0 Å². The predicted molar refractivity (Wildman–Crippen MR) is 36.8 cm³/mol. The van der Waals surface area contributed by atoms with Gasteiger partial charge in [-0.15, -0.1) is 0 Å². The number of hydroxylamine groups is 1. The van der Waals surface area contributed by atoms with Crippen molar-refractivity contribution in [1.29, 1.82) is 0 Å². The topological polar surface area (TPSA) is 21.3 Å². The Morgan fingerprint density at radius 3 is 2.78 bits per heavy atom. The Labute approximate surface area is 73.0 Å². The Bertz CT molecular complexity index is 146. The average molecular weight is 135 g/mol. The second-order valence-corrected chi connectivity index (χ2v) is 4.51. The maximum atomic E-state index is 5.11. The molecule has 0 fully saturated rings. The van der Waals surface area contributed by atoms with Crippen molar-refractivity contribution in [3.05, 3.63) is 11.8 Å². The zero-order valence-electron chi connectivity index (χ0n) is 6.19. The van der Waals surface area contributed by atoms with Crippen LogP contribution in [0.1, 0.15) is 20.3 Å². The molecule has 1 aliphatic heterocycles. The molecule has 1 unspecified atom stereocenters. The van der Waals surface area contributed by atoms with Gasteiger partial charge in [-0.25, -0.2) is 0 Å². The van der Waals surface area contributed by atoms with Crippen molar-refractivity contribution >= 4 is 27.9 Å².